The van der Waals surface area contributed by atoms with Crippen LogP contribution < -0.4 is 10.1 Å². The van der Waals surface area contributed by atoms with Crippen molar-refractivity contribution < 1.29 is 9.53 Å². The largest absolute Gasteiger partial charge is 0.478 e. The molecule has 0 spiro atoms. The highest BCUT2D eigenvalue weighted by atomic mass is 35.5. The minimum atomic E-state index is -0.493. The van der Waals surface area contributed by atoms with Gasteiger partial charge in [0.25, 0.3) is 0 Å². The molecule has 0 saturated heterocycles. The van der Waals surface area contributed by atoms with E-state index in [1.807, 2.05) is 43.3 Å². The quantitative estimate of drug-likeness (QED) is 0.623. The van der Waals surface area contributed by atoms with Crippen LogP contribution in [0.5, 0.6) is 5.88 Å². The molecule has 144 valence electrons. The van der Waals surface area contributed by atoms with E-state index >= 15 is 0 Å². The summed E-state index contributed by atoms with van der Waals surface area (Å²) in [7, 11) is 0. The lowest BCUT2D eigenvalue weighted by molar-refractivity contribution is -0.121. The maximum atomic E-state index is 13.3. The number of aryl methyl sites for hydroxylation is 1. The lowest BCUT2D eigenvalue weighted by Crippen LogP contribution is -2.38. The zero-order valence-electron chi connectivity index (χ0n) is 16.1. The monoisotopic (exact) mass is 386 g/mol. The van der Waals surface area contributed by atoms with Crippen LogP contribution >= 0.6 is 11.6 Å². The van der Waals surface area contributed by atoms with Gasteiger partial charge in [0, 0.05) is 11.1 Å². The number of carbonyl (C=O) groups excluding carboxylic acids is 1. The maximum Gasteiger partial charge on any atom is 0.235 e. The molecule has 0 bridgehead atoms. The van der Waals surface area contributed by atoms with E-state index in [0.717, 1.165) is 55.5 Å². The Morgan fingerprint density at radius 1 is 1.19 bits per heavy atom. The number of unbranched alkanes of at least 4 members (excludes halogenated alkanes) is 1. The molecule has 27 heavy (non-hydrogen) atoms. The molecule has 1 saturated carbocycles. The van der Waals surface area contributed by atoms with Crippen LogP contribution in [-0.2, 0) is 10.2 Å². The average molecular weight is 387 g/mol. The molecule has 5 heteroatoms. The van der Waals surface area contributed by atoms with Gasteiger partial charge in [-0.05, 0) is 49.9 Å². The number of benzene rings is 1. The third kappa shape index (κ3) is 4.44. The van der Waals surface area contributed by atoms with Gasteiger partial charge in [0.05, 0.1) is 23.4 Å². The standard InChI is InChI=1S/C22H27ClN2O2/c1-3-4-15-27-20-12-11-19(16(2)24-20)25-21(26)22(13-5-6-14-22)17-7-9-18(23)10-8-17/h7-12H,3-6,13-15H2,1-2H3,(H,25,26). The number of hydrogen-bond donors (Lipinski definition) is 1. The molecule has 1 N–H and O–H groups in total. The van der Waals surface area contributed by atoms with Gasteiger partial charge in [0.15, 0.2) is 0 Å². The zero-order chi connectivity index (χ0) is 19.3. The number of hydrogen-bond acceptors (Lipinski definition) is 3. The van der Waals surface area contributed by atoms with Crippen molar-refractivity contribution in [1.82, 2.24) is 4.98 Å². The second-order valence-corrected chi connectivity index (χ2v) is 7.67. The van der Waals surface area contributed by atoms with Gasteiger partial charge in [-0.1, -0.05) is 49.9 Å². The van der Waals surface area contributed by atoms with Gasteiger partial charge in [-0.3, -0.25) is 4.79 Å². The zero-order valence-corrected chi connectivity index (χ0v) is 16.8. The fourth-order valence-corrected chi connectivity index (χ4v) is 3.83. The van der Waals surface area contributed by atoms with Crippen LogP contribution in [0.15, 0.2) is 36.4 Å². The normalized spacial score (nSPS) is 15.5. The number of ether oxygens (including phenoxy) is 1. The fourth-order valence-electron chi connectivity index (χ4n) is 3.71. The third-order valence-electron chi connectivity index (χ3n) is 5.34. The smallest absolute Gasteiger partial charge is 0.235 e. The lowest BCUT2D eigenvalue weighted by Gasteiger charge is -2.28. The summed E-state index contributed by atoms with van der Waals surface area (Å²) in [5.74, 6) is 0.638. The van der Waals surface area contributed by atoms with Crippen molar-refractivity contribution in [1.29, 1.82) is 0 Å². The molecule has 1 fully saturated rings. The third-order valence-corrected chi connectivity index (χ3v) is 5.60. The number of nitrogens with one attached hydrogen (secondary N) is 1. The highest BCUT2D eigenvalue weighted by Gasteiger charge is 2.42. The van der Waals surface area contributed by atoms with Crippen LogP contribution in [0.3, 0.4) is 0 Å². The first-order chi connectivity index (χ1) is 13.0. The maximum absolute atomic E-state index is 13.3. The molecule has 1 aliphatic rings. The summed E-state index contributed by atoms with van der Waals surface area (Å²) in [5, 5.41) is 3.80. The van der Waals surface area contributed by atoms with E-state index in [1.165, 1.54) is 0 Å². The summed E-state index contributed by atoms with van der Waals surface area (Å²) in [6, 6.07) is 11.4. The number of aromatic nitrogens is 1. The summed E-state index contributed by atoms with van der Waals surface area (Å²) in [5.41, 5.74) is 2.05. The SMILES string of the molecule is CCCCOc1ccc(NC(=O)C2(c3ccc(Cl)cc3)CCCC2)c(C)n1. The highest BCUT2D eigenvalue weighted by molar-refractivity contribution is 6.30. The molecule has 1 aromatic carbocycles. The molecule has 0 atom stereocenters. The molecular formula is C22H27ClN2O2. The fraction of sp³-hybridized carbons (Fsp3) is 0.455. The summed E-state index contributed by atoms with van der Waals surface area (Å²) < 4.78 is 5.65. The minimum absolute atomic E-state index is 0.0341. The van der Waals surface area contributed by atoms with Crippen molar-refractivity contribution >= 4 is 23.2 Å². The Bertz CT molecular complexity index is 783. The number of halogens is 1. The van der Waals surface area contributed by atoms with E-state index < -0.39 is 5.41 Å². The molecule has 1 aromatic heterocycles. The first-order valence-corrected chi connectivity index (χ1v) is 10.1. The average Bonchev–Trinajstić information content (AvgIpc) is 3.16. The molecule has 4 nitrogen and oxygen atoms in total. The van der Waals surface area contributed by atoms with Crippen molar-refractivity contribution in [2.75, 3.05) is 11.9 Å². The minimum Gasteiger partial charge on any atom is -0.478 e. The predicted octanol–water partition coefficient (Wildman–Crippen LogP) is 5.67. The van der Waals surface area contributed by atoms with E-state index in [9.17, 15) is 4.79 Å². The molecule has 0 radical (unpaired) electrons. The first kappa shape index (κ1) is 19.7. The van der Waals surface area contributed by atoms with Crippen LogP contribution in [-0.4, -0.2) is 17.5 Å². The van der Waals surface area contributed by atoms with Crippen molar-refractivity contribution in [3.8, 4) is 5.88 Å². The Kier molecular flexibility index (Phi) is 6.38. The van der Waals surface area contributed by atoms with Gasteiger partial charge in [-0.15, -0.1) is 0 Å². The first-order valence-electron chi connectivity index (χ1n) is 9.73. The van der Waals surface area contributed by atoms with Crippen LogP contribution in [0, 0.1) is 6.92 Å². The molecule has 2 aromatic rings. The van der Waals surface area contributed by atoms with Crippen molar-refractivity contribution in [2.45, 2.75) is 57.8 Å². The summed E-state index contributed by atoms with van der Waals surface area (Å²) in [4.78, 5) is 17.7. The Balaban J connectivity index is 1.77. The predicted molar refractivity (Wildman–Crippen MR) is 110 cm³/mol. The number of carbonyl (C=O) groups is 1. The van der Waals surface area contributed by atoms with Crippen molar-refractivity contribution in [3.05, 3.63) is 52.7 Å². The van der Waals surface area contributed by atoms with E-state index in [2.05, 4.69) is 17.2 Å². The molecular weight excluding hydrogens is 360 g/mol. The van der Waals surface area contributed by atoms with Crippen LogP contribution in [0.25, 0.3) is 0 Å². The van der Waals surface area contributed by atoms with E-state index in [1.54, 1.807) is 0 Å². The molecule has 0 aliphatic heterocycles. The number of pyridine rings is 1. The molecule has 3 rings (SSSR count). The molecule has 1 aliphatic carbocycles. The Labute approximate surface area is 166 Å². The summed E-state index contributed by atoms with van der Waals surface area (Å²) in [6.45, 7) is 4.68. The van der Waals surface area contributed by atoms with Gasteiger partial charge < -0.3 is 10.1 Å². The number of nitrogens with zero attached hydrogens (tertiary/aromatic N) is 1. The van der Waals surface area contributed by atoms with Gasteiger partial charge in [-0.25, -0.2) is 4.98 Å². The Morgan fingerprint density at radius 3 is 2.52 bits per heavy atom. The van der Waals surface area contributed by atoms with E-state index in [0.29, 0.717) is 17.5 Å². The van der Waals surface area contributed by atoms with Gasteiger partial charge in [0.1, 0.15) is 0 Å². The van der Waals surface area contributed by atoms with Crippen LogP contribution in [0.2, 0.25) is 5.02 Å². The number of rotatable bonds is 7. The summed E-state index contributed by atoms with van der Waals surface area (Å²) in [6.07, 6.45) is 5.90. The topological polar surface area (TPSA) is 51.2 Å². The Morgan fingerprint density at radius 2 is 1.89 bits per heavy atom. The van der Waals surface area contributed by atoms with E-state index in [-0.39, 0.29) is 5.91 Å². The molecule has 0 unspecified atom stereocenters. The van der Waals surface area contributed by atoms with Gasteiger partial charge in [-0.2, -0.15) is 0 Å². The number of amides is 1. The van der Waals surface area contributed by atoms with Crippen LogP contribution in [0.1, 0.15) is 56.7 Å². The van der Waals surface area contributed by atoms with Gasteiger partial charge in [0.2, 0.25) is 11.8 Å². The highest BCUT2D eigenvalue weighted by Crippen LogP contribution is 2.42. The molecule has 1 heterocycles. The summed E-state index contributed by atoms with van der Waals surface area (Å²) >= 11 is 6.03. The second-order valence-electron chi connectivity index (χ2n) is 7.23. The number of anilines is 1. The van der Waals surface area contributed by atoms with Crippen LogP contribution in [0.4, 0.5) is 5.69 Å². The van der Waals surface area contributed by atoms with E-state index in [4.69, 9.17) is 16.3 Å². The lowest BCUT2D eigenvalue weighted by atomic mass is 9.78. The van der Waals surface area contributed by atoms with Crippen molar-refractivity contribution in [3.63, 3.8) is 0 Å². The second kappa shape index (κ2) is 8.75. The Hall–Kier alpha value is -2.07. The van der Waals surface area contributed by atoms with Gasteiger partial charge >= 0.3 is 0 Å². The van der Waals surface area contributed by atoms with Crippen molar-refractivity contribution in [2.24, 2.45) is 0 Å². The molecule has 1 amide bonds.